The van der Waals surface area contributed by atoms with Crippen molar-refractivity contribution in [1.29, 1.82) is 0 Å². The molecule has 3 aromatic carbocycles. The van der Waals surface area contributed by atoms with Gasteiger partial charge in [-0.05, 0) is 67.4 Å². The summed E-state index contributed by atoms with van der Waals surface area (Å²) in [6.07, 6.45) is -0.335. The molecular weight excluding hydrogens is 471 g/mol. The first kappa shape index (κ1) is 23.9. The molecule has 2 N–H and O–H groups in total. The normalized spacial score (nSPS) is 12.1. The van der Waals surface area contributed by atoms with Crippen molar-refractivity contribution in [3.63, 3.8) is 0 Å². The molecular formula is C23H22Cl2N2O4S. The Labute approximate surface area is 197 Å². The molecule has 0 heterocycles. The lowest BCUT2D eigenvalue weighted by Gasteiger charge is -2.18. The van der Waals surface area contributed by atoms with Gasteiger partial charge in [0.1, 0.15) is 5.75 Å². The molecule has 0 aromatic heterocycles. The molecule has 0 unspecified atom stereocenters. The third-order valence-corrected chi connectivity index (χ3v) is 6.57. The molecule has 1 amide bonds. The van der Waals surface area contributed by atoms with Crippen LogP contribution in [0.4, 0.5) is 11.4 Å². The van der Waals surface area contributed by atoms with Crippen LogP contribution in [-0.2, 0) is 14.8 Å². The molecule has 3 aromatic rings. The molecule has 0 bridgehead atoms. The van der Waals surface area contributed by atoms with Crippen molar-refractivity contribution < 1.29 is 17.9 Å². The van der Waals surface area contributed by atoms with Crippen molar-refractivity contribution in [3.05, 3.63) is 82.3 Å². The minimum atomic E-state index is -3.82. The Kier molecular flexibility index (Phi) is 7.66. The number of aryl methyl sites for hydroxylation is 1. The van der Waals surface area contributed by atoms with Gasteiger partial charge in [-0.15, -0.1) is 0 Å². The summed E-state index contributed by atoms with van der Waals surface area (Å²) < 4.78 is 33.7. The second-order valence-electron chi connectivity index (χ2n) is 7.02. The number of amides is 1. The molecule has 1 atom stereocenters. The lowest BCUT2D eigenvalue weighted by atomic mass is 10.2. The highest BCUT2D eigenvalue weighted by Crippen LogP contribution is 2.26. The highest BCUT2D eigenvalue weighted by molar-refractivity contribution is 7.92. The number of carbonyl (C=O) groups excluding carboxylic acids is 1. The van der Waals surface area contributed by atoms with Crippen LogP contribution in [0.1, 0.15) is 18.9 Å². The summed E-state index contributed by atoms with van der Waals surface area (Å²) in [6.45, 7) is 3.60. The van der Waals surface area contributed by atoms with E-state index in [-0.39, 0.29) is 10.8 Å². The van der Waals surface area contributed by atoms with Gasteiger partial charge in [-0.3, -0.25) is 9.52 Å². The Morgan fingerprint density at radius 1 is 1.03 bits per heavy atom. The summed E-state index contributed by atoms with van der Waals surface area (Å²) in [4.78, 5) is 12.7. The molecule has 0 saturated heterocycles. The van der Waals surface area contributed by atoms with Gasteiger partial charge in [-0.2, -0.15) is 0 Å². The van der Waals surface area contributed by atoms with Gasteiger partial charge in [0.05, 0.1) is 15.6 Å². The van der Waals surface area contributed by atoms with E-state index in [0.717, 1.165) is 5.56 Å². The van der Waals surface area contributed by atoms with Crippen molar-refractivity contribution in [2.45, 2.75) is 31.3 Å². The fraction of sp³-hybridized carbons (Fsp3) is 0.174. The molecule has 9 heteroatoms. The predicted molar refractivity (Wildman–Crippen MR) is 128 cm³/mol. The SMILES string of the molecule is CC[C@@H](Oc1ccccc1Cl)C(=O)Nc1ccc(S(=O)(=O)Nc2cc(Cl)ccc2C)cc1. The van der Waals surface area contributed by atoms with E-state index in [9.17, 15) is 13.2 Å². The van der Waals surface area contributed by atoms with Crippen LogP contribution < -0.4 is 14.8 Å². The molecule has 0 fully saturated rings. The van der Waals surface area contributed by atoms with Gasteiger partial charge in [-0.25, -0.2) is 8.42 Å². The molecule has 0 spiro atoms. The van der Waals surface area contributed by atoms with Crippen LogP contribution in [0.5, 0.6) is 5.75 Å². The number of hydrogen-bond acceptors (Lipinski definition) is 4. The number of carbonyl (C=O) groups is 1. The fourth-order valence-electron chi connectivity index (χ4n) is 2.86. The smallest absolute Gasteiger partial charge is 0.265 e. The maximum atomic E-state index is 12.7. The third kappa shape index (κ3) is 5.94. The zero-order valence-corrected chi connectivity index (χ0v) is 19.8. The number of benzene rings is 3. The van der Waals surface area contributed by atoms with Crippen LogP contribution in [-0.4, -0.2) is 20.4 Å². The number of rotatable bonds is 8. The van der Waals surface area contributed by atoms with E-state index in [1.165, 1.54) is 24.3 Å². The van der Waals surface area contributed by atoms with E-state index in [1.54, 1.807) is 49.4 Å². The van der Waals surface area contributed by atoms with Crippen LogP contribution in [0, 0.1) is 6.92 Å². The van der Waals surface area contributed by atoms with Crippen LogP contribution in [0.3, 0.4) is 0 Å². The Morgan fingerprint density at radius 3 is 2.38 bits per heavy atom. The Balaban J connectivity index is 1.70. The van der Waals surface area contributed by atoms with Gasteiger partial charge in [0, 0.05) is 10.7 Å². The summed E-state index contributed by atoms with van der Waals surface area (Å²) in [5.74, 6) is 0.0516. The first-order chi connectivity index (χ1) is 15.2. The monoisotopic (exact) mass is 492 g/mol. The van der Waals surface area contributed by atoms with Gasteiger partial charge in [0.2, 0.25) is 0 Å². The molecule has 0 radical (unpaired) electrons. The Hall–Kier alpha value is -2.74. The van der Waals surface area contributed by atoms with E-state index in [4.69, 9.17) is 27.9 Å². The second kappa shape index (κ2) is 10.3. The number of para-hydroxylation sites is 1. The van der Waals surface area contributed by atoms with Crippen molar-refractivity contribution in [2.24, 2.45) is 0 Å². The Morgan fingerprint density at radius 2 is 1.72 bits per heavy atom. The minimum Gasteiger partial charge on any atom is -0.479 e. The predicted octanol–water partition coefficient (Wildman–Crippen LogP) is 5.90. The summed E-state index contributed by atoms with van der Waals surface area (Å²) in [5.41, 5.74) is 1.58. The average Bonchev–Trinajstić information content (AvgIpc) is 2.76. The highest BCUT2D eigenvalue weighted by atomic mass is 35.5. The molecule has 0 aliphatic rings. The van der Waals surface area contributed by atoms with Gasteiger partial charge in [-0.1, -0.05) is 48.3 Å². The van der Waals surface area contributed by atoms with Crippen molar-refractivity contribution in [1.82, 2.24) is 0 Å². The summed E-state index contributed by atoms with van der Waals surface area (Å²) in [7, 11) is -3.82. The fourth-order valence-corrected chi connectivity index (χ4v) is 4.34. The van der Waals surface area contributed by atoms with Gasteiger partial charge in [0.25, 0.3) is 15.9 Å². The number of hydrogen-bond donors (Lipinski definition) is 2. The maximum absolute atomic E-state index is 12.7. The van der Waals surface area contributed by atoms with Gasteiger partial charge in [0.15, 0.2) is 6.10 Å². The molecule has 6 nitrogen and oxygen atoms in total. The largest absolute Gasteiger partial charge is 0.479 e. The molecule has 168 valence electrons. The molecule has 0 aliphatic carbocycles. The molecule has 0 aliphatic heterocycles. The molecule has 32 heavy (non-hydrogen) atoms. The van der Waals surface area contributed by atoms with Crippen molar-refractivity contribution >= 4 is 50.5 Å². The van der Waals surface area contributed by atoms with E-state index < -0.39 is 16.1 Å². The van der Waals surface area contributed by atoms with Crippen molar-refractivity contribution in [3.8, 4) is 5.75 Å². The quantitative estimate of drug-likeness (QED) is 0.409. The molecule has 3 rings (SSSR count). The maximum Gasteiger partial charge on any atom is 0.265 e. The van der Waals surface area contributed by atoms with Crippen LogP contribution >= 0.6 is 23.2 Å². The van der Waals surface area contributed by atoms with E-state index in [0.29, 0.717) is 33.6 Å². The zero-order chi connectivity index (χ0) is 23.3. The summed E-state index contributed by atoms with van der Waals surface area (Å²) in [5, 5.41) is 3.58. The number of ether oxygens (including phenoxy) is 1. The standard InChI is InChI=1S/C23H22Cl2N2O4S/c1-3-21(31-22-7-5-4-6-19(22)25)23(28)26-17-10-12-18(13-11-17)32(29,30)27-20-14-16(24)9-8-15(20)2/h4-14,21,27H,3H2,1-2H3,(H,26,28)/t21-/m1/s1. The number of halogens is 2. The Bertz CT molecular complexity index is 1210. The van der Waals surface area contributed by atoms with Crippen LogP contribution in [0.15, 0.2) is 71.6 Å². The minimum absolute atomic E-state index is 0.0502. The average molecular weight is 493 g/mol. The topological polar surface area (TPSA) is 84.5 Å². The first-order valence-corrected chi connectivity index (χ1v) is 12.0. The van der Waals surface area contributed by atoms with Gasteiger partial charge < -0.3 is 10.1 Å². The lowest BCUT2D eigenvalue weighted by Crippen LogP contribution is -2.32. The number of sulfonamides is 1. The summed E-state index contributed by atoms with van der Waals surface area (Å²) in [6, 6.07) is 17.7. The molecule has 0 saturated carbocycles. The van der Waals surface area contributed by atoms with E-state index >= 15 is 0 Å². The van der Waals surface area contributed by atoms with Gasteiger partial charge >= 0.3 is 0 Å². The zero-order valence-electron chi connectivity index (χ0n) is 17.4. The van der Waals surface area contributed by atoms with Crippen LogP contribution in [0.25, 0.3) is 0 Å². The third-order valence-electron chi connectivity index (χ3n) is 4.65. The summed E-state index contributed by atoms with van der Waals surface area (Å²) >= 11 is 12.1. The number of anilines is 2. The lowest BCUT2D eigenvalue weighted by molar-refractivity contribution is -0.122. The highest BCUT2D eigenvalue weighted by Gasteiger charge is 2.20. The van der Waals surface area contributed by atoms with E-state index in [2.05, 4.69) is 10.0 Å². The van der Waals surface area contributed by atoms with Crippen molar-refractivity contribution in [2.75, 3.05) is 10.0 Å². The van der Waals surface area contributed by atoms with E-state index in [1.807, 2.05) is 6.92 Å². The second-order valence-corrected chi connectivity index (χ2v) is 9.55. The number of nitrogens with one attached hydrogen (secondary N) is 2. The first-order valence-electron chi connectivity index (χ1n) is 9.80. The van der Waals surface area contributed by atoms with Crippen LogP contribution in [0.2, 0.25) is 10.0 Å².